The maximum absolute atomic E-state index is 13.0. The zero-order chi connectivity index (χ0) is 23.8. The normalized spacial score (nSPS) is 12.2. The van der Waals surface area contributed by atoms with Gasteiger partial charge in [0.2, 0.25) is 11.1 Å². The number of nitrogens with two attached hydrogens (primary N) is 1. The highest BCUT2D eigenvalue weighted by Gasteiger charge is 2.22. The molecular formula is C25H23N5O3S. The number of methoxy groups -OCH3 is 1. The number of carbonyl (C=O) groups is 1. The molecule has 9 heteroatoms. The Morgan fingerprint density at radius 3 is 2.62 bits per heavy atom. The number of aryl methyl sites for hydroxylation is 1. The highest BCUT2D eigenvalue weighted by atomic mass is 32.2. The number of nitrogens with zero attached hydrogens (tertiary/aromatic N) is 3. The van der Waals surface area contributed by atoms with Gasteiger partial charge in [-0.05, 0) is 26.0 Å². The number of nitrogens with one attached hydrogen (secondary N) is 1. The van der Waals surface area contributed by atoms with Crippen molar-refractivity contribution in [2.75, 3.05) is 18.3 Å². The zero-order valence-corrected chi connectivity index (χ0v) is 19.7. The van der Waals surface area contributed by atoms with Gasteiger partial charge >= 0.3 is 0 Å². The topological polar surface area (TPSA) is 108 Å². The number of aromatic nitrogens is 3. The van der Waals surface area contributed by atoms with Gasteiger partial charge < -0.3 is 20.3 Å². The van der Waals surface area contributed by atoms with Crippen molar-refractivity contribution >= 4 is 45.3 Å². The van der Waals surface area contributed by atoms with Crippen molar-refractivity contribution in [3.05, 3.63) is 66.2 Å². The predicted octanol–water partition coefficient (Wildman–Crippen LogP) is 4.99. The van der Waals surface area contributed by atoms with Crippen LogP contribution in [0.2, 0.25) is 0 Å². The molecule has 3 N–H and O–H groups in total. The van der Waals surface area contributed by atoms with E-state index in [9.17, 15) is 4.79 Å². The second-order valence-corrected chi connectivity index (χ2v) is 9.25. The number of fused-ring (bicyclic) bond motifs is 3. The van der Waals surface area contributed by atoms with E-state index in [1.165, 1.54) is 16.4 Å². The van der Waals surface area contributed by atoms with E-state index in [0.29, 0.717) is 28.0 Å². The summed E-state index contributed by atoms with van der Waals surface area (Å²) >= 11 is 1.23. The second kappa shape index (κ2) is 8.75. The van der Waals surface area contributed by atoms with Crippen LogP contribution in [-0.2, 0) is 4.79 Å². The van der Waals surface area contributed by atoms with Crippen LogP contribution in [0.1, 0.15) is 12.5 Å². The highest BCUT2D eigenvalue weighted by molar-refractivity contribution is 8.00. The number of anilines is 1. The predicted molar refractivity (Wildman–Crippen MR) is 135 cm³/mol. The van der Waals surface area contributed by atoms with E-state index in [4.69, 9.17) is 15.0 Å². The summed E-state index contributed by atoms with van der Waals surface area (Å²) in [5, 5.41) is 13.2. The molecule has 0 saturated carbocycles. The molecule has 0 spiro atoms. The monoisotopic (exact) mass is 473 g/mol. The van der Waals surface area contributed by atoms with Crippen LogP contribution in [0.5, 0.6) is 5.75 Å². The van der Waals surface area contributed by atoms with Gasteiger partial charge in [-0.2, -0.15) is 0 Å². The molecule has 34 heavy (non-hydrogen) atoms. The lowest BCUT2D eigenvalue weighted by Crippen LogP contribution is -2.24. The Balaban J connectivity index is 1.36. The lowest BCUT2D eigenvalue weighted by Gasteiger charge is -2.14. The van der Waals surface area contributed by atoms with Gasteiger partial charge in [-0.15, -0.1) is 10.2 Å². The quantitative estimate of drug-likeness (QED) is 0.264. The number of ether oxygens (including phenoxy) is 1. The molecule has 5 aromatic rings. The molecule has 0 unspecified atom stereocenters. The molecule has 5 rings (SSSR count). The van der Waals surface area contributed by atoms with E-state index >= 15 is 0 Å². The van der Waals surface area contributed by atoms with Gasteiger partial charge in [0.05, 0.1) is 18.0 Å². The SMILES string of the molecule is COc1cc2c(cc1NC(=O)[C@@H](C)Sc1nnc(-c3ccc(C)cc3)n1N)oc1ccccc12. The van der Waals surface area contributed by atoms with Gasteiger partial charge in [-0.1, -0.05) is 59.8 Å². The van der Waals surface area contributed by atoms with E-state index in [1.807, 2.05) is 61.5 Å². The van der Waals surface area contributed by atoms with Crippen molar-refractivity contribution in [3.63, 3.8) is 0 Å². The molecule has 0 fully saturated rings. The number of carbonyl (C=O) groups excluding carboxylic acids is 1. The fourth-order valence-corrected chi connectivity index (χ4v) is 4.49. The molecule has 0 saturated heterocycles. The molecule has 2 heterocycles. The van der Waals surface area contributed by atoms with Crippen LogP contribution in [0, 0.1) is 6.92 Å². The lowest BCUT2D eigenvalue weighted by molar-refractivity contribution is -0.115. The minimum absolute atomic E-state index is 0.223. The minimum Gasteiger partial charge on any atom is -0.495 e. The third kappa shape index (κ3) is 3.94. The Hall–Kier alpha value is -3.98. The summed E-state index contributed by atoms with van der Waals surface area (Å²) in [7, 11) is 1.57. The van der Waals surface area contributed by atoms with Gasteiger partial charge in [0, 0.05) is 22.4 Å². The molecule has 0 aliphatic rings. The van der Waals surface area contributed by atoms with Crippen molar-refractivity contribution in [1.82, 2.24) is 14.9 Å². The van der Waals surface area contributed by atoms with Crippen molar-refractivity contribution in [3.8, 4) is 17.1 Å². The lowest BCUT2D eigenvalue weighted by atomic mass is 10.1. The molecule has 0 radical (unpaired) electrons. The van der Waals surface area contributed by atoms with E-state index < -0.39 is 5.25 Å². The van der Waals surface area contributed by atoms with Crippen LogP contribution in [0.15, 0.2) is 70.2 Å². The Morgan fingerprint density at radius 2 is 1.85 bits per heavy atom. The standard InChI is InChI=1S/C25H23N5O3S/c1-14-8-10-16(11-9-14)23-28-29-25(30(23)26)34-15(2)24(31)27-19-13-21-18(12-22(19)32-3)17-6-4-5-7-20(17)33-21/h4-13,15H,26H2,1-3H3,(H,27,31)/t15-/m1/s1. The number of hydrogen-bond donors (Lipinski definition) is 2. The van der Waals surface area contributed by atoms with E-state index in [-0.39, 0.29) is 5.91 Å². The van der Waals surface area contributed by atoms with Crippen LogP contribution >= 0.6 is 11.8 Å². The van der Waals surface area contributed by atoms with Gasteiger partial charge in [0.15, 0.2) is 5.82 Å². The maximum atomic E-state index is 13.0. The Bertz CT molecular complexity index is 1510. The molecule has 2 aromatic heterocycles. The van der Waals surface area contributed by atoms with Gasteiger partial charge in [0.25, 0.3) is 0 Å². The third-order valence-corrected chi connectivity index (χ3v) is 6.64. The molecule has 3 aromatic carbocycles. The smallest absolute Gasteiger partial charge is 0.237 e. The van der Waals surface area contributed by atoms with Gasteiger partial charge in [-0.3, -0.25) is 4.79 Å². The fraction of sp³-hybridized carbons (Fsp3) is 0.160. The first-order chi connectivity index (χ1) is 16.4. The second-order valence-electron chi connectivity index (χ2n) is 7.94. The van der Waals surface area contributed by atoms with E-state index in [2.05, 4.69) is 15.5 Å². The van der Waals surface area contributed by atoms with Crippen LogP contribution in [-0.4, -0.2) is 33.1 Å². The van der Waals surface area contributed by atoms with Crippen molar-refractivity contribution in [2.45, 2.75) is 24.3 Å². The first-order valence-electron chi connectivity index (χ1n) is 10.7. The summed E-state index contributed by atoms with van der Waals surface area (Å²) in [6.07, 6.45) is 0. The molecule has 1 amide bonds. The average molecular weight is 474 g/mol. The number of rotatable bonds is 6. The van der Waals surface area contributed by atoms with Crippen molar-refractivity contribution in [1.29, 1.82) is 0 Å². The van der Waals surface area contributed by atoms with Crippen molar-refractivity contribution in [2.24, 2.45) is 0 Å². The van der Waals surface area contributed by atoms with Crippen molar-refractivity contribution < 1.29 is 13.9 Å². The summed E-state index contributed by atoms with van der Waals surface area (Å²) in [5.41, 5.74) is 3.97. The number of para-hydroxylation sites is 1. The van der Waals surface area contributed by atoms with Crippen LogP contribution in [0.25, 0.3) is 33.3 Å². The Kier molecular flexibility index (Phi) is 5.62. The molecule has 0 bridgehead atoms. The van der Waals surface area contributed by atoms with E-state index in [1.54, 1.807) is 20.1 Å². The summed E-state index contributed by atoms with van der Waals surface area (Å²) < 4.78 is 12.9. The maximum Gasteiger partial charge on any atom is 0.237 e. The molecule has 0 aliphatic carbocycles. The van der Waals surface area contributed by atoms with Crippen LogP contribution in [0.4, 0.5) is 5.69 Å². The number of benzene rings is 3. The number of amides is 1. The Morgan fingerprint density at radius 1 is 1.09 bits per heavy atom. The number of nitrogen functional groups attached to an aromatic ring is 1. The molecule has 0 aliphatic heterocycles. The average Bonchev–Trinajstić information content (AvgIpc) is 3.38. The van der Waals surface area contributed by atoms with Crippen LogP contribution in [0.3, 0.4) is 0 Å². The zero-order valence-electron chi connectivity index (χ0n) is 18.9. The first kappa shape index (κ1) is 21.8. The van der Waals surface area contributed by atoms with E-state index in [0.717, 1.165) is 27.5 Å². The summed E-state index contributed by atoms with van der Waals surface area (Å²) in [4.78, 5) is 13.0. The van der Waals surface area contributed by atoms with Gasteiger partial charge in [-0.25, -0.2) is 4.68 Å². The summed E-state index contributed by atoms with van der Waals surface area (Å²) in [6.45, 7) is 3.80. The summed E-state index contributed by atoms with van der Waals surface area (Å²) in [6, 6.07) is 19.3. The number of thioether (sulfide) groups is 1. The minimum atomic E-state index is -0.492. The summed E-state index contributed by atoms with van der Waals surface area (Å²) in [5.74, 6) is 7.09. The number of hydrogen-bond acceptors (Lipinski definition) is 7. The molecule has 8 nitrogen and oxygen atoms in total. The fourth-order valence-electron chi connectivity index (χ4n) is 3.72. The van der Waals surface area contributed by atoms with Crippen LogP contribution < -0.4 is 15.9 Å². The number of furan rings is 1. The third-order valence-electron chi connectivity index (χ3n) is 5.58. The Labute approximate surface area is 200 Å². The molecule has 172 valence electrons. The molecule has 1 atom stereocenters. The highest BCUT2D eigenvalue weighted by Crippen LogP contribution is 2.37. The first-order valence-corrected chi connectivity index (χ1v) is 11.6. The molecular weight excluding hydrogens is 450 g/mol. The van der Waals surface area contributed by atoms with Gasteiger partial charge in [0.1, 0.15) is 16.9 Å². The largest absolute Gasteiger partial charge is 0.495 e.